The van der Waals surface area contributed by atoms with Crippen LogP contribution >= 0.6 is 46.6 Å². The number of carbonyl (C=O) groups excluding carboxylic acids is 2. The molecule has 0 radical (unpaired) electrons. The van der Waals surface area contributed by atoms with Crippen LogP contribution in [0, 0.1) is 0 Å². The van der Waals surface area contributed by atoms with Gasteiger partial charge in [-0.1, -0.05) is 46.6 Å². The van der Waals surface area contributed by atoms with Gasteiger partial charge in [-0.2, -0.15) is 13.2 Å². The van der Waals surface area contributed by atoms with Gasteiger partial charge in [0.1, 0.15) is 11.5 Å². The van der Waals surface area contributed by atoms with Crippen LogP contribution in [-0.2, 0) is 17.5 Å². The van der Waals surface area contributed by atoms with E-state index in [-0.39, 0.29) is 44.6 Å². The summed E-state index contributed by atoms with van der Waals surface area (Å²) < 4.78 is 51.3. The molecule has 4 aromatic rings. The molecule has 0 atom stereocenters. The maximum absolute atomic E-state index is 13.1. The number of alkyl halides is 3. The zero-order chi connectivity index (χ0) is 31.3. The van der Waals surface area contributed by atoms with E-state index in [4.69, 9.17) is 44.3 Å². The SMILES string of the molecule is COc1cc(OC)cc(C(=O)NCc2nnc(SCC(=O)Nc3cc(C(F)(F)F)ccc3Cl)n2-c2ccc(Cl)c(Cl)c2)c1. The van der Waals surface area contributed by atoms with Gasteiger partial charge in [0, 0.05) is 11.6 Å². The molecule has 0 saturated heterocycles. The van der Waals surface area contributed by atoms with Gasteiger partial charge in [-0.25, -0.2) is 0 Å². The number of ether oxygens (including phenoxy) is 2. The summed E-state index contributed by atoms with van der Waals surface area (Å²) in [6.45, 7) is -0.0851. The van der Waals surface area contributed by atoms with Crippen LogP contribution in [0.25, 0.3) is 5.69 Å². The van der Waals surface area contributed by atoms with E-state index < -0.39 is 23.6 Å². The number of nitrogens with one attached hydrogen (secondary N) is 2. The van der Waals surface area contributed by atoms with Gasteiger partial charge in [0.2, 0.25) is 5.91 Å². The fourth-order valence-corrected chi connectivity index (χ4v) is 4.93. The summed E-state index contributed by atoms with van der Waals surface area (Å²) in [4.78, 5) is 25.6. The Morgan fingerprint density at radius 1 is 0.907 bits per heavy atom. The molecular weight excluding hydrogens is 654 g/mol. The number of carbonyl (C=O) groups is 2. The van der Waals surface area contributed by atoms with E-state index in [1.165, 1.54) is 26.4 Å². The quantitative estimate of drug-likeness (QED) is 0.176. The molecule has 0 bridgehead atoms. The minimum Gasteiger partial charge on any atom is -0.497 e. The Morgan fingerprint density at radius 3 is 2.21 bits per heavy atom. The van der Waals surface area contributed by atoms with Crippen molar-refractivity contribution in [1.82, 2.24) is 20.1 Å². The van der Waals surface area contributed by atoms with Crippen LogP contribution in [0.3, 0.4) is 0 Å². The normalized spacial score (nSPS) is 11.3. The summed E-state index contributed by atoms with van der Waals surface area (Å²) >= 11 is 19.3. The monoisotopic (exact) mass is 673 g/mol. The van der Waals surface area contributed by atoms with Crippen molar-refractivity contribution in [3.05, 3.63) is 86.6 Å². The van der Waals surface area contributed by atoms with Crippen molar-refractivity contribution in [1.29, 1.82) is 0 Å². The minimum absolute atomic E-state index is 0.0583. The zero-order valence-electron chi connectivity index (χ0n) is 22.3. The van der Waals surface area contributed by atoms with Crippen molar-refractivity contribution >= 4 is 64.1 Å². The first-order valence-electron chi connectivity index (χ1n) is 12.1. The zero-order valence-corrected chi connectivity index (χ0v) is 25.3. The molecule has 2 N–H and O–H groups in total. The van der Waals surface area contributed by atoms with Crippen molar-refractivity contribution in [3.63, 3.8) is 0 Å². The van der Waals surface area contributed by atoms with Crippen LogP contribution in [0.15, 0.2) is 59.8 Å². The molecule has 0 aliphatic heterocycles. The third-order valence-corrected chi connectivity index (χ3v) is 7.78. The van der Waals surface area contributed by atoms with E-state index in [0.717, 1.165) is 30.0 Å². The molecule has 0 aliphatic rings. The molecule has 3 aromatic carbocycles. The average molecular weight is 675 g/mol. The van der Waals surface area contributed by atoms with Crippen molar-refractivity contribution in [3.8, 4) is 17.2 Å². The molecule has 0 spiro atoms. The highest BCUT2D eigenvalue weighted by Gasteiger charge is 2.31. The summed E-state index contributed by atoms with van der Waals surface area (Å²) in [6.07, 6.45) is -4.61. The number of halogens is 6. The van der Waals surface area contributed by atoms with Crippen LogP contribution in [-0.4, -0.2) is 46.6 Å². The lowest BCUT2D eigenvalue weighted by atomic mass is 10.2. The second-order valence-corrected chi connectivity index (χ2v) is 10.8. The van der Waals surface area contributed by atoms with E-state index in [2.05, 4.69) is 20.8 Å². The molecule has 2 amide bonds. The Bertz CT molecular complexity index is 1650. The molecule has 1 heterocycles. The van der Waals surface area contributed by atoms with Gasteiger partial charge in [-0.3, -0.25) is 14.2 Å². The molecule has 9 nitrogen and oxygen atoms in total. The Morgan fingerprint density at radius 2 is 1.58 bits per heavy atom. The van der Waals surface area contributed by atoms with E-state index in [1.54, 1.807) is 28.8 Å². The number of thioether (sulfide) groups is 1. The number of anilines is 1. The molecule has 226 valence electrons. The van der Waals surface area contributed by atoms with Crippen LogP contribution < -0.4 is 20.1 Å². The van der Waals surface area contributed by atoms with E-state index in [1.807, 2.05) is 0 Å². The summed E-state index contributed by atoms with van der Waals surface area (Å²) in [5.74, 6) is -0.226. The van der Waals surface area contributed by atoms with Gasteiger partial charge in [-0.15, -0.1) is 10.2 Å². The molecule has 16 heteroatoms. The van der Waals surface area contributed by atoms with Crippen LogP contribution in [0.5, 0.6) is 11.5 Å². The predicted molar refractivity (Wildman–Crippen MR) is 158 cm³/mol. The number of aromatic nitrogens is 3. The molecule has 0 fully saturated rings. The molecule has 0 aliphatic carbocycles. The maximum Gasteiger partial charge on any atom is 0.416 e. The third-order valence-electron chi connectivity index (χ3n) is 5.78. The second-order valence-electron chi connectivity index (χ2n) is 8.65. The fraction of sp³-hybridized carbons (Fsp3) is 0.185. The lowest BCUT2D eigenvalue weighted by Gasteiger charge is -2.13. The van der Waals surface area contributed by atoms with Gasteiger partial charge >= 0.3 is 6.18 Å². The Balaban J connectivity index is 1.55. The number of benzene rings is 3. The molecule has 1 aromatic heterocycles. The van der Waals surface area contributed by atoms with Crippen molar-refractivity contribution in [2.24, 2.45) is 0 Å². The van der Waals surface area contributed by atoms with E-state index in [0.29, 0.717) is 22.2 Å². The van der Waals surface area contributed by atoms with Crippen LogP contribution in [0.2, 0.25) is 15.1 Å². The predicted octanol–water partition coefficient (Wildman–Crippen LogP) is 6.92. The highest BCUT2D eigenvalue weighted by Crippen LogP contribution is 2.34. The van der Waals surface area contributed by atoms with E-state index >= 15 is 0 Å². The standard InChI is InChI=1S/C27H21Cl3F3N5O4S/c1-41-17-7-14(8-18(11-17)42-2)25(40)34-12-23-36-37-26(38(23)16-4-6-19(28)21(30)10-16)43-13-24(39)35-22-9-15(27(31,32)33)3-5-20(22)29/h3-11H,12-13H2,1-2H3,(H,34,40)(H,35,39). The van der Waals surface area contributed by atoms with Gasteiger partial charge < -0.3 is 20.1 Å². The van der Waals surface area contributed by atoms with Crippen molar-refractivity contribution in [2.75, 3.05) is 25.3 Å². The fourth-order valence-electron chi connectivity index (χ4n) is 3.71. The maximum atomic E-state index is 13.1. The Kier molecular flexibility index (Phi) is 10.3. The van der Waals surface area contributed by atoms with Gasteiger partial charge in [-0.05, 0) is 48.5 Å². The molecule has 0 saturated carbocycles. The lowest BCUT2D eigenvalue weighted by molar-refractivity contribution is -0.137. The van der Waals surface area contributed by atoms with E-state index in [9.17, 15) is 22.8 Å². The number of rotatable bonds is 10. The molecule has 4 rings (SSSR count). The third kappa shape index (κ3) is 8.05. The molecule has 43 heavy (non-hydrogen) atoms. The van der Waals surface area contributed by atoms with Crippen molar-refractivity contribution in [2.45, 2.75) is 17.9 Å². The molecule has 0 unspecified atom stereocenters. The van der Waals surface area contributed by atoms with Gasteiger partial charge in [0.05, 0.1) is 58.5 Å². The molecular formula is C27H21Cl3F3N5O4S. The summed E-state index contributed by atoms with van der Waals surface area (Å²) in [5, 5.41) is 14.2. The average Bonchev–Trinajstić information content (AvgIpc) is 3.39. The smallest absolute Gasteiger partial charge is 0.416 e. The summed E-state index contributed by atoms with van der Waals surface area (Å²) in [5.41, 5.74) is -0.393. The number of nitrogens with zero attached hydrogens (tertiary/aromatic N) is 3. The Hall–Kier alpha value is -3.65. The number of amides is 2. The highest BCUT2D eigenvalue weighted by atomic mass is 35.5. The first-order valence-corrected chi connectivity index (χ1v) is 14.2. The number of hydrogen-bond acceptors (Lipinski definition) is 7. The van der Waals surface area contributed by atoms with Crippen LogP contribution in [0.1, 0.15) is 21.7 Å². The number of methoxy groups -OCH3 is 2. The van der Waals surface area contributed by atoms with Gasteiger partial charge in [0.15, 0.2) is 11.0 Å². The second kappa shape index (κ2) is 13.8. The van der Waals surface area contributed by atoms with Gasteiger partial charge in [0.25, 0.3) is 5.91 Å². The largest absolute Gasteiger partial charge is 0.497 e. The first kappa shape index (κ1) is 32.3. The number of hydrogen-bond donors (Lipinski definition) is 2. The summed E-state index contributed by atoms with van der Waals surface area (Å²) in [7, 11) is 2.92. The minimum atomic E-state index is -4.61. The highest BCUT2D eigenvalue weighted by molar-refractivity contribution is 7.99. The van der Waals surface area contributed by atoms with Crippen molar-refractivity contribution < 1.29 is 32.2 Å². The topological polar surface area (TPSA) is 107 Å². The van der Waals surface area contributed by atoms with Crippen LogP contribution in [0.4, 0.5) is 18.9 Å². The summed E-state index contributed by atoms with van der Waals surface area (Å²) in [6, 6.07) is 12.1. The lowest BCUT2D eigenvalue weighted by Crippen LogP contribution is -2.24. The Labute approximate surface area is 262 Å². The first-order chi connectivity index (χ1) is 20.4.